The molecule has 7 nitrogen and oxygen atoms in total. The number of amidine groups is 1. The summed E-state index contributed by atoms with van der Waals surface area (Å²) in [5, 5.41) is 3.27. The monoisotopic (exact) mass is 456 g/mol. The lowest BCUT2D eigenvalue weighted by Crippen LogP contribution is -2.44. The van der Waals surface area contributed by atoms with Crippen LogP contribution in [-0.4, -0.2) is 59.8 Å². The second kappa shape index (κ2) is 10.5. The van der Waals surface area contributed by atoms with Crippen LogP contribution in [0, 0.1) is 6.92 Å². The maximum Gasteiger partial charge on any atom is 0.252 e. The number of piperazine rings is 1. The van der Waals surface area contributed by atoms with Crippen LogP contribution in [0.15, 0.2) is 83.8 Å². The molecule has 34 heavy (non-hydrogen) atoms. The van der Waals surface area contributed by atoms with Gasteiger partial charge in [0.25, 0.3) is 5.91 Å². The lowest BCUT2D eigenvalue weighted by Gasteiger charge is -2.34. The minimum Gasteiger partial charge on any atom is -0.369 e. The van der Waals surface area contributed by atoms with Crippen molar-refractivity contribution < 1.29 is 4.79 Å². The maximum absolute atomic E-state index is 12.8. The number of aromatic nitrogens is 1. The van der Waals surface area contributed by atoms with Crippen LogP contribution in [-0.2, 0) is 11.3 Å². The van der Waals surface area contributed by atoms with E-state index in [1.54, 1.807) is 23.2 Å². The second-order valence-corrected chi connectivity index (χ2v) is 8.61. The van der Waals surface area contributed by atoms with Gasteiger partial charge in [0, 0.05) is 55.4 Å². The molecule has 0 aliphatic carbocycles. The minimum atomic E-state index is -0.126. The lowest BCUT2D eigenvalue weighted by molar-refractivity contribution is -0.123. The number of likely N-dealkylation sites (N-methyl/N-ethyl adjacent to an activating group) is 1. The van der Waals surface area contributed by atoms with E-state index in [9.17, 15) is 4.79 Å². The molecule has 2 aliphatic rings. The fourth-order valence-corrected chi connectivity index (χ4v) is 4.07. The van der Waals surface area contributed by atoms with Crippen LogP contribution >= 0.6 is 0 Å². The fourth-order valence-electron chi connectivity index (χ4n) is 4.07. The van der Waals surface area contributed by atoms with Crippen molar-refractivity contribution in [3.05, 3.63) is 90.1 Å². The molecule has 0 spiro atoms. The largest absolute Gasteiger partial charge is 0.369 e. The molecule has 2 aliphatic heterocycles. The summed E-state index contributed by atoms with van der Waals surface area (Å²) in [6.45, 7) is 12.6. The standard InChI is InChI=1S/C27H32N6O/c1-5-22-8-13-26(34)33(19-25-20(2)7-6-14-28-25)27(22)30-21(3)29-23-9-11-24(12-10-23)32-17-15-31(4)16-18-32/h5-14,29H,3,15-19H2,1-2,4H3/b22-5-,30-27+. The molecule has 1 fully saturated rings. The Labute approximate surface area is 201 Å². The second-order valence-electron chi connectivity index (χ2n) is 8.61. The van der Waals surface area contributed by atoms with Crippen molar-refractivity contribution in [2.24, 2.45) is 4.99 Å². The van der Waals surface area contributed by atoms with Crippen LogP contribution in [0.2, 0.25) is 0 Å². The zero-order valence-electron chi connectivity index (χ0n) is 20.2. The molecule has 0 unspecified atom stereocenters. The normalized spacial score (nSPS) is 19.2. The molecule has 176 valence electrons. The van der Waals surface area contributed by atoms with Gasteiger partial charge in [-0.15, -0.1) is 0 Å². The topological polar surface area (TPSA) is 64.1 Å². The Balaban J connectivity index is 1.50. The van der Waals surface area contributed by atoms with Gasteiger partial charge in [-0.2, -0.15) is 0 Å². The molecule has 1 saturated heterocycles. The quantitative estimate of drug-likeness (QED) is 0.713. The Kier molecular flexibility index (Phi) is 7.23. The number of nitrogens with zero attached hydrogens (tertiary/aromatic N) is 5. The highest BCUT2D eigenvalue weighted by Crippen LogP contribution is 2.22. The number of carbonyl (C=O) groups is 1. The van der Waals surface area contributed by atoms with Gasteiger partial charge >= 0.3 is 0 Å². The first-order valence-electron chi connectivity index (χ1n) is 11.6. The SMILES string of the molecule is C=C(/N=C1\C(=C/C)C=CC(=O)N1Cc1ncccc1C)Nc1ccc(N2CCN(C)CC2)cc1. The number of aryl methyl sites for hydroxylation is 1. The molecule has 3 heterocycles. The van der Waals surface area contributed by atoms with Gasteiger partial charge in [-0.3, -0.25) is 14.7 Å². The Bertz CT molecular complexity index is 1140. The molecule has 0 bridgehead atoms. The molecule has 4 rings (SSSR count). The number of pyridine rings is 1. The highest BCUT2D eigenvalue weighted by Gasteiger charge is 2.25. The van der Waals surface area contributed by atoms with Gasteiger partial charge < -0.3 is 15.1 Å². The van der Waals surface area contributed by atoms with Crippen molar-refractivity contribution in [2.75, 3.05) is 43.4 Å². The molecule has 1 aromatic carbocycles. The Morgan fingerprint density at radius 1 is 1.15 bits per heavy atom. The maximum atomic E-state index is 12.8. The highest BCUT2D eigenvalue weighted by atomic mass is 16.2. The van der Waals surface area contributed by atoms with Crippen LogP contribution < -0.4 is 10.2 Å². The molecule has 0 radical (unpaired) electrons. The molecule has 1 N–H and O–H groups in total. The number of rotatable bonds is 6. The molecule has 7 heteroatoms. The smallest absolute Gasteiger partial charge is 0.252 e. The van der Waals surface area contributed by atoms with Gasteiger partial charge in [0.1, 0.15) is 11.7 Å². The molecule has 1 aromatic heterocycles. The van der Waals surface area contributed by atoms with Crippen LogP contribution in [0.5, 0.6) is 0 Å². The summed E-state index contributed by atoms with van der Waals surface area (Å²) in [5.41, 5.74) is 4.85. The van der Waals surface area contributed by atoms with Crippen molar-refractivity contribution >= 4 is 23.1 Å². The zero-order valence-corrected chi connectivity index (χ0v) is 20.2. The van der Waals surface area contributed by atoms with Gasteiger partial charge in [0.05, 0.1) is 12.2 Å². The van der Waals surface area contributed by atoms with Crippen molar-refractivity contribution in [3.63, 3.8) is 0 Å². The van der Waals surface area contributed by atoms with Crippen LogP contribution in [0.3, 0.4) is 0 Å². The third-order valence-corrected chi connectivity index (χ3v) is 6.19. The van der Waals surface area contributed by atoms with E-state index in [1.165, 1.54) is 5.69 Å². The van der Waals surface area contributed by atoms with Crippen LogP contribution in [0.25, 0.3) is 0 Å². The Morgan fingerprint density at radius 2 is 1.88 bits per heavy atom. The Morgan fingerprint density at radius 3 is 2.56 bits per heavy atom. The predicted molar refractivity (Wildman–Crippen MR) is 139 cm³/mol. The van der Waals surface area contributed by atoms with Crippen molar-refractivity contribution in [1.82, 2.24) is 14.8 Å². The summed E-state index contributed by atoms with van der Waals surface area (Å²) in [7, 11) is 2.16. The average Bonchev–Trinajstić information content (AvgIpc) is 2.84. The summed E-state index contributed by atoms with van der Waals surface area (Å²) >= 11 is 0. The van der Waals surface area contributed by atoms with Gasteiger partial charge in [-0.1, -0.05) is 18.7 Å². The van der Waals surface area contributed by atoms with E-state index in [-0.39, 0.29) is 5.91 Å². The minimum absolute atomic E-state index is 0.126. The van der Waals surface area contributed by atoms with E-state index in [2.05, 4.69) is 45.9 Å². The summed E-state index contributed by atoms with van der Waals surface area (Å²) in [6, 6.07) is 12.2. The van der Waals surface area contributed by atoms with Crippen molar-refractivity contribution in [2.45, 2.75) is 20.4 Å². The first kappa shape index (κ1) is 23.4. The summed E-state index contributed by atoms with van der Waals surface area (Å²) in [5.74, 6) is 0.901. The Hall–Kier alpha value is -3.71. The van der Waals surface area contributed by atoms with E-state index in [0.717, 1.165) is 48.7 Å². The molecule has 0 saturated carbocycles. The van der Waals surface area contributed by atoms with Crippen molar-refractivity contribution in [3.8, 4) is 0 Å². The first-order chi connectivity index (χ1) is 16.4. The number of amides is 1. The third kappa shape index (κ3) is 5.43. The number of allylic oxidation sites excluding steroid dienone is 1. The number of aliphatic imine (C=N–C) groups is 1. The fraction of sp³-hybridized carbons (Fsp3) is 0.296. The average molecular weight is 457 g/mol. The van der Waals surface area contributed by atoms with Gasteiger partial charge in [-0.05, 0) is 62.9 Å². The van der Waals surface area contributed by atoms with E-state index in [0.29, 0.717) is 18.2 Å². The van der Waals surface area contributed by atoms with E-state index < -0.39 is 0 Å². The van der Waals surface area contributed by atoms with Crippen LogP contribution in [0.4, 0.5) is 11.4 Å². The summed E-state index contributed by atoms with van der Waals surface area (Å²) in [6.07, 6.45) is 7.05. The summed E-state index contributed by atoms with van der Waals surface area (Å²) in [4.78, 5) is 28.3. The van der Waals surface area contributed by atoms with E-state index >= 15 is 0 Å². The number of hydrogen-bond acceptors (Lipinski definition) is 6. The molecule has 0 atom stereocenters. The number of carbonyl (C=O) groups excluding carboxylic acids is 1. The van der Waals surface area contributed by atoms with Gasteiger partial charge in [0.2, 0.25) is 0 Å². The van der Waals surface area contributed by atoms with E-state index in [4.69, 9.17) is 4.99 Å². The van der Waals surface area contributed by atoms with Crippen LogP contribution in [0.1, 0.15) is 18.2 Å². The van der Waals surface area contributed by atoms with Gasteiger partial charge in [0.15, 0.2) is 0 Å². The number of anilines is 2. The zero-order chi connectivity index (χ0) is 24.1. The predicted octanol–water partition coefficient (Wildman–Crippen LogP) is 3.97. The molecule has 2 aromatic rings. The number of benzene rings is 1. The highest BCUT2D eigenvalue weighted by molar-refractivity contribution is 6.15. The number of hydrogen-bond donors (Lipinski definition) is 1. The lowest BCUT2D eigenvalue weighted by atomic mass is 10.1. The molecular formula is C27H32N6O. The molecule has 1 amide bonds. The van der Waals surface area contributed by atoms with Crippen molar-refractivity contribution in [1.29, 1.82) is 0 Å². The summed E-state index contributed by atoms with van der Waals surface area (Å²) < 4.78 is 0. The number of nitrogens with one attached hydrogen (secondary N) is 1. The third-order valence-electron chi connectivity index (χ3n) is 6.19. The van der Waals surface area contributed by atoms with Gasteiger partial charge in [-0.25, -0.2) is 4.99 Å². The van der Waals surface area contributed by atoms with E-state index in [1.807, 2.05) is 44.2 Å². The first-order valence-corrected chi connectivity index (χ1v) is 11.6. The molecular weight excluding hydrogens is 424 g/mol.